The number of aliphatic hydroxyl groups excluding tert-OH is 2. The van der Waals surface area contributed by atoms with E-state index < -0.39 is 23.8 Å². The van der Waals surface area contributed by atoms with Crippen molar-refractivity contribution in [2.45, 2.75) is 64.8 Å². The minimum atomic E-state index is -0.869. The Balaban J connectivity index is 1.63. The highest BCUT2D eigenvalue weighted by Crippen LogP contribution is 2.29. The Morgan fingerprint density at radius 3 is 2.42 bits per heavy atom. The van der Waals surface area contributed by atoms with Crippen LogP contribution in [-0.2, 0) is 19.4 Å². The van der Waals surface area contributed by atoms with Crippen molar-refractivity contribution in [2.75, 3.05) is 24.5 Å². The highest BCUT2D eigenvalue weighted by molar-refractivity contribution is 5.56. The Bertz CT molecular complexity index is 912. The average molecular weight is 462 g/mol. The molecule has 1 heterocycles. The van der Waals surface area contributed by atoms with Crippen LogP contribution in [0, 0.1) is 17.0 Å². The predicted molar refractivity (Wildman–Crippen MR) is 128 cm³/mol. The quantitative estimate of drug-likeness (QED) is 0.461. The lowest BCUT2D eigenvalue weighted by atomic mass is 9.87. The molecule has 0 saturated carbocycles. The molecule has 0 aromatic heterocycles. The molecular formula is C26H37F2N3O2. The summed E-state index contributed by atoms with van der Waals surface area (Å²) in [6.07, 6.45) is 0.694. The molecule has 2 aromatic carbocycles. The number of hydrogen-bond acceptors (Lipinski definition) is 5. The summed E-state index contributed by atoms with van der Waals surface area (Å²) in [5.74, 6) is -1.31. The number of hydrogen-bond donors (Lipinski definition) is 4. The van der Waals surface area contributed by atoms with E-state index in [2.05, 4.69) is 49.2 Å². The van der Waals surface area contributed by atoms with Gasteiger partial charge < -0.3 is 26.2 Å². The maximum Gasteiger partial charge on any atom is 0.126 e. The molecule has 33 heavy (non-hydrogen) atoms. The van der Waals surface area contributed by atoms with Crippen molar-refractivity contribution < 1.29 is 19.0 Å². The third-order valence-electron chi connectivity index (χ3n) is 5.94. The van der Waals surface area contributed by atoms with E-state index in [1.807, 2.05) is 0 Å². The van der Waals surface area contributed by atoms with E-state index in [-0.39, 0.29) is 24.5 Å². The van der Waals surface area contributed by atoms with Gasteiger partial charge in [0.05, 0.1) is 12.2 Å². The van der Waals surface area contributed by atoms with Gasteiger partial charge in [0.2, 0.25) is 0 Å². The van der Waals surface area contributed by atoms with Crippen LogP contribution in [0.3, 0.4) is 0 Å². The average Bonchev–Trinajstić information content (AvgIpc) is 3.12. The Hall–Kier alpha value is -2.06. The molecule has 3 rings (SSSR count). The summed E-state index contributed by atoms with van der Waals surface area (Å²) in [4.78, 5) is 2.20. The van der Waals surface area contributed by atoms with Gasteiger partial charge in [-0.3, -0.25) is 0 Å². The molecule has 7 heteroatoms. The zero-order valence-electron chi connectivity index (χ0n) is 19.8. The van der Waals surface area contributed by atoms with Crippen molar-refractivity contribution in [3.63, 3.8) is 0 Å². The number of nitrogens with zero attached hydrogens (tertiary/aromatic N) is 1. The summed E-state index contributed by atoms with van der Waals surface area (Å²) in [5.41, 5.74) is 10.1. The van der Waals surface area contributed by atoms with Gasteiger partial charge >= 0.3 is 0 Å². The first-order valence-corrected chi connectivity index (χ1v) is 11.6. The van der Waals surface area contributed by atoms with E-state index in [1.54, 1.807) is 0 Å². The molecule has 1 unspecified atom stereocenters. The molecule has 0 amide bonds. The Kier molecular flexibility index (Phi) is 8.45. The van der Waals surface area contributed by atoms with Crippen molar-refractivity contribution >= 4 is 5.69 Å². The molecule has 0 radical (unpaired) electrons. The van der Waals surface area contributed by atoms with Crippen molar-refractivity contribution in [2.24, 2.45) is 11.1 Å². The molecule has 1 saturated heterocycles. The monoisotopic (exact) mass is 461 g/mol. The summed E-state index contributed by atoms with van der Waals surface area (Å²) in [6.45, 7) is 8.84. The largest absolute Gasteiger partial charge is 0.391 e. The molecule has 5 nitrogen and oxygen atoms in total. The van der Waals surface area contributed by atoms with Crippen LogP contribution in [0.2, 0.25) is 0 Å². The highest BCUT2D eigenvalue weighted by Gasteiger charge is 2.23. The summed E-state index contributed by atoms with van der Waals surface area (Å²) in [7, 11) is 0. The fourth-order valence-corrected chi connectivity index (χ4v) is 4.42. The number of benzene rings is 2. The lowest BCUT2D eigenvalue weighted by molar-refractivity contribution is 0.141. The molecule has 0 bridgehead atoms. The minimum Gasteiger partial charge on any atom is -0.391 e. The molecule has 3 atom stereocenters. The van der Waals surface area contributed by atoms with Gasteiger partial charge in [0, 0.05) is 44.0 Å². The zero-order chi connectivity index (χ0) is 24.2. The third-order valence-corrected chi connectivity index (χ3v) is 5.94. The number of halogens is 2. The molecule has 2 aromatic rings. The van der Waals surface area contributed by atoms with Gasteiger partial charge in [-0.05, 0) is 59.6 Å². The number of rotatable bonds is 9. The molecule has 1 aliphatic rings. The van der Waals surface area contributed by atoms with Crippen LogP contribution < -0.4 is 16.0 Å². The van der Waals surface area contributed by atoms with Crippen LogP contribution in [0.4, 0.5) is 14.5 Å². The SMILES string of the molecule is CC(C)(C)Cc1ccc(N2CCC(O)C2)c(CNC[C@@H](O)[C@@H](N)Cc2cc(F)cc(F)c2)c1. The van der Waals surface area contributed by atoms with Crippen molar-refractivity contribution in [3.05, 3.63) is 64.7 Å². The number of aliphatic hydroxyl groups is 2. The lowest BCUT2D eigenvalue weighted by Gasteiger charge is -2.25. The number of nitrogens with two attached hydrogens (primary N) is 1. The van der Waals surface area contributed by atoms with Gasteiger partial charge in [-0.2, -0.15) is 0 Å². The van der Waals surface area contributed by atoms with Gasteiger partial charge in [-0.15, -0.1) is 0 Å². The van der Waals surface area contributed by atoms with Gasteiger partial charge in [-0.25, -0.2) is 8.78 Å². The van der Waals surface area contributed by atoms with Gasteiger partial charge in [0.15, 0.2) is 0 Å². The second kappa shape index (κ2) is 10.9. The Labute approximate surface area is 195 Å². The first kappa shape index (κ1) is 25.6. The summed E-state index contributed by atoms with van der Waals surface area (Å²) >= 11 is 0. The second-order valence-electron chi connectivity index (χ2n) is 10.4. The summed E-state index contributed by atoms with van der Waals surface area (Å²) in [5, 5.41) is 23.8. The summed E-state index contributed by atoms with van der Waals surface area (Å²) < 4.78 is 26.8. The van der Waals surface area contributed by atoms with Crippen LogP contribution in [-0.4, -0.2) is 48.1 Å². The number of β-amino-alcohol motifs (C(OH)–C–C–N with tert-alkyl or cyclic N) is 1. The van der Waals surface area contributed by atoms with Crippen LogP contribution in [0.15, 0.2) is 36.4 Å². The van der Waals surface area contributed by atoms with E-state index in [0.29, 0.717) is 18.7 Å². The molecule has 1 aliphatic heterocycles. The molecule has 5 N–H and O–H groups in total. The van der Waals surface area contributed by atoms with Crippen LogP contribution in [0.25, 0.3) is 0 Å². The third kappa shape index (κ3) is 7.74. The molecule has 182 valence electrons. The lowest BCUT2D eigenvalue weighted by Crippen LogP contribution is -2.43. The van der Waals surface area contributed by atoms with Crippen molar-refractivity contribution in [3.8, 4) is 0 Å². The van der Waals surface area contributed by atoms with E-state index in [0.717, 1.165) is 36.7 Å². The van der Waals surface area contributed by atoms with E-state index >= 15 is 0 Å². The van der Waals surface area contributed by atoms with Crippen LogP contribution in [0.5, 0.6) is 0 Å². The van der Waals surface area contributed by atoms with Gasteiger partial charge in [0.25, 0.3) is 0 Å². The fraction of sp³-hybridized carbons (Fsp3) is 0.538. The minimum absolute atomic E-state index is 0.162. The Morgan fingerprint density at radius 2 is 1.82 bits per heavy atom. The summed E-state index contributed by atoms with van der Waals surface area (Å²) in [6, 6.07) is 9.10. The second-order valence-corrected chi connectivity index (χ2v) is 10.4. The Morgan fingerprint density at radius 1 is 1.12 bits per heavy atom. The number of nitrogens with one attached hydrogen (secondary N) is 1. The maximum atomic E-state index is 13.4. The van der Waals surface area contributed by atoms with E-state index in [1.165, 1.54) is 17.7 Å². The van der Waals surface area contributed by atoms with E-state index in [4.69, 9.17) is 5.73 Å². The zero-order valence-corrected chi connectivity index (χ0v) is 19.8. The van der Waals surface area contributed by atoms with Crippen LogP contribution in [0.1, 0.15) is 43.9 Å². The van der Waals surface area contributed by atoms with Gasteiger partial charge in [-0.1, -0.05) is 32.9 Å². The molecular weight excluding hydrogens is 424 g/mol. The fourth-order valence-electron chi connectivity index (χ4n) is 4.42. The van der Waals surface area contributed by atoms with Gasteiger partial charge in [0.1, 0.15) is 11.6 Å². The van der Waals surface area contributed by atoms with Crippen LogP contribution >= 0.6 is 0 Å². The first-order chi connectivity index (χ1) is 15.5. The topological polar surface area (TPSA) is 81.8 Å². The molecule has 0 spiro atoms. The molecule has 1 fully saturated rings. The first-order valence-electron chi connectivity index (χ1n) is 11.6. The van der Waals surface area contributed by atoms with E-state index in [9.17, 15) is 19.0 Å². The predicted octanol–water partition coefficient (Wildman–Crippen LogP) is 3.14. The highest BCUT2D eigenvalue weighted by atomic mass is 19.1. The normalized spacial score (nSPS) is 18.5. The number of anilines is 1. The standard InChI is InChI=1S/C26H37F2N3O2/c1-26(2,3)13-17-4-5-24(31-7-6-22(32)16-31)19(8-17)14-30-15-25(33)23(29)11-18-9-20(27)12-21(28)10-18/h4-5,8-10,12,22-23,25,30,32-33H,6-7,11,13-16,29H2,1-3H3/t22?,23-,25+/m0/s1. The van der Waals surface area contributed by atoms with Crippen molar-refractivity contribution in [1.82, 2.24) is 5.32 Å². The maximum absolute atomic E-state index is 13.4. The van der Waals surface area contributed by atoms with Crippen molar-refractivity contribution in [1.29, 1.82) is 0 Å². The smallest absolute Gasteiger partial charge is 0.126 e. The molecule has 0 aliphatic carbocycles.